The van der Waals surface area contributed by atoms with Crippen molar-refractivity contribution in [3.63, 3.8) is 0 Å². The second-order valence-corrected chi connectivity index (χ2v) is 7.34. The lowest BCUT2D eigenvalue weighted by molar-refractivity contribution is -0.0495. The van der Waals surface area contributed by atoms with Crippen LogP contribution in [0.2, 0.25) is 0 Å². The number of aliphatic imine (C=N–C) groups is 1. The van der Waals surface area contributed by atoms with Gasteiger partial charge in [0.25, 0.3) is 0 Å². The third kappa shape index (κ3) is 5.02. The molecule has 0 amide bonds. The van der Waals surface area contributed by atoms with Gasteiger partial charge in [0.05, 0.1) is 11.2 Å². The number of pyridine rings is 1. The minimum Gasteiger partial charge on any atom is -0.433 e. The third-order valence-electron chi connectivity index (χ3n) is 5.34. The molecule has 3 aromatic rings. The molecule has 31 heavy (non-hydrogen) atoms. The largest absolute Gasteiger partial charge is 0.433 e. The number of aromatic nitrogens is 1. The molecule has 2 heterocycles. The van der Waals surface area contributed by atoms with E-state index in [0.29, 0.717) is 24.7 Å². The first-order chi connectivity index (χ1) is 15.1. The van der Waals surface area contributed by atoms with E-state index in [1.807, 2.05) is 36.4 Å². The summed E-state index contributed by atoms with van der Waals surface area (Å²) in [4.78, 5) is 10.9. The molecular formula is C23H25F2N5O. The second kappa shape index (κ2) is 9.59. The Morgan fingerprint density at radius 3 is 2.87 bits per heavy atom. The van der Waals surface area contributed by atoms with Crippen LogP contribution in [0.15, 0.2) is 65.8 Å². The first kappa shape index (κ1) is 20.8. The van der Waals surface area contributed by atoms with Crippen molar-refractivity contribution >= 4 is 22.5 Å². The number of anilines is 1. The molecule has 1 aliphatic heterocycles. The van der Waals surface area contributed by atoms with Gasteiger partial charge < -0.3 is 20.3 Å². The summed E-state index contributed by atoms with van der Waals surface area (Å²) in [5, 5.41) is 7.88. The maximum absolute atomic E-state index is 12.7. The fourth-order valence-corrected chi connectivity index (χ4v) is 3.89. The average Bonchev–Trinajstić information content (AvgIpc) is 3.25. The standard InChI is InChI=1S/C23H25F2N5O/c1-26-23(28-14-17-7-4-6-16-8-5-12-27-21(16)17)29-18-11-13-30(15-18)19-9-2-3-10-20(19)31-22(24)25/h2-10,12,18,22H,11,13-15H2,1H3,(H2,26,28,29). The van der Waals surface area contributed by atoms with Crippen LogP contribution in [0.3, 0.4) is 0 Å². The average molecular weight is 425 g/mol. The molecule has 0 spiro atoms. The summed E-state index contributed by atoms with van der Waals surface area (Å²) in [6, 6.07) is 17.1. The van der Waals surface area contributed by atoms with Gasteiger partial charge in [-0.05, 0) is 30.2 Å². The van der Waals surface area contributed by atoms with Crippen LogP contribution in [0.5, 0.6) is 5.75 Å². The van der Waals surface area contributed by atoms with Gasteiger partial charge in [0.1, 0.15) is 5.75 Å². The van der Waals surface area contributed by atoms with Crippen molar-refractivity contribution in [2.75, 3.05) is 25.0 Å². The van der Waals surface area contributed by atoms with E-state index in [4.69, 9.17) is 0 Å². The summed E-state index contributed by atoms with van der Waals surface area (Å²) in [6.45, 7) is -0.842. The summed E-state index contributed by atoms with van der Waals surface area (Å²) in [6.07, 6.45) is 2.65. The summed E-state index contributed by atoms with van der Waals surface area (Å²) in [5.41, 5.74) is 2.74. The van der Waals surface area contributed by atoms with Crippen LogP contribution in [0.25, 0.3) is 10.9 Å². The van der Waals surface area contributed by atoms with Crippen LogP contribution in [0.4, 0.5) is 14.5 Å². The minimum atomic E-state index is -2.84. The van der Waals surface area contributed by atoms with Crippen LogP contribution < -0.4 is 20.3 Å². The van der Waals surface area contributed by atoms with Gasteiger partial charge >= 0.3 is 6.61 Å². The van der Waals surface area contributed by atoms with Crippen LogP contribution in [-0.2, 0) is 6.54 Å². The Morgan fingerprint density at radius 1 is 1.19 bits per heavy atom. The lowest BCUT2D eigenvalue weighted by Gasteiger charge is -2.22. The number of benzene rings is 2. The molecule has 4 rings (SSSR count). The van der Waals surface area contributed by atoms with Gasteiger partial charge in [-0.2, -0.15) is 8.78 Å². The molecule has 1 fully saturated rings. The first-order valence-corrected chi connectivity index (χ1v) is 10.2. The number of nitrogens with zero attached hydrogens (tertiary/aromatic N) is 3. The first-order valence-electron chi connectivity index (χ1n) is 10.2. The number of hydrogen-bond acceptors (Lipinski definition) is 4. The number of rotatable bonds is 6. The summed E-state index contributed by atoms with van der Waals surface area (Å²) in [7, 11) is 1.73. The topological polar surface area (TPSA) is 61.8 Å². The second-order valence-electron chi connectivity index (χ2n) is 7.34. The molecule has 8 heteroatoms. The minimum absolute atomic E-state index is 0.136. The van der Waals surface area contributed by atoms with E-state index in [1.54, 1.807) is 31.4 Å². The zero-order valence-electron chi connectivity index (χ0n) is 17.3. The Kier molecular flexibility index (Phi) is 6.45. The highest BCUT2D eigenvalue weighted by molar-refractivity contribution is 5.83. The highest BCUT2D eigenvalue weighted by atomic mass is 19.3. The predicted octanol–water partition coefficient (Wildman–Crippen LogP) is 3.78. The molecule has 6 nitrogen and oxygen atoms in total. The van der Waals surface area contributed by atoms with Crippen molar-refractivity contribution in [1.82, 2.24) is 15.6 Å². The number of alkyl halides is 2. The number of guanidine groups is 1. The van der Waals surface area contributed by atoms with Gasteiger partial charge in [0.15, 0.2) is 5.96 Å². The molecule has 1 atom stereocenters. The Morgan fingerprint density at radius 2 is 2.03 bits per heavy atom. The van der Waals surface area contributed by atoms with Crippen molar-refractivity contribution in [2.45, 2.75) is 25.6 Å². The summed E-state index contributed by atoms with van der Waals surface area (Å²) < 4.78 is 30.1. The molecule has 2 N–H and O–H groups in total. The van der Waals surface area contributed by atoms with Crippen molar-refractivity contribution < 1.29 is 13.5 Å². The molecule has 1 saturated heterocycles. The maximum Gasteiger partial charge on any atom is 0.387 e. The molecule has 1 unspecified atom stereocenters. The fourth-order valence-electron chi connectivity index (χ4n) is 3.89. The molecule has 1 aromatic heterocycles. The number of ether oxygens (including phenoxy) is 1. The van der Waals surface area contributed by atoms with Crippen molar-refractivity contribution in [3.8, 4) is 5.75 Å². The van der Waals surface area contributed by atoms with Gasteiger partial charge in [-0.3, -0.25) is 9.98 Å². The van der Waals surface area contributed by atoms with Crippen molar-refractivity contribution in [3.05, 3.63) is 66.4 Å². The Bertz CT molecular complexity index is 1050. The quantitative estimate of drug-likeness (QED) is 0.465. The number of nitrogens with one attached hydrogen (secondary N) is 2. The van der Waals surface area contributed by atoms with Crippen LogP contribution >= 0.6 is 0 Å². The fraction of sp³-hybridized carbons (Fsp3) is 0.304. The van der Waals surface area contributed by atoms with Gasteiger partial charge in [0, 0.05) is 44.3 Å². The third-order valence-corrected chi connectivity index (χ3v) is 5.34. The molecule has 1 aliphatic rings. The lowest BCUT2D eigenvalue weighted by Crippen LogP contribution is -2.44. The zero-order valence-corrected chi connectivity index (χ0v) is 17.3. The van der Waals surface area contributed by atoms with E-state index in [0.717, 1.165) is 29.4 Å². The number of fused-ring (bicyclic) bond motifs is 1. The number of para-hydroxylation sites is 3. The lowest BCUT2D eigenvalue weighted by atomic mass is 10.1. The Hall–Kier alpha value is -3.42. The Balaban J connectivity index is 1.37. The van der Waals surface area contributed by atoms with E-state index in [9.17, 15) is 8.78 Å². The molecular weight excluding hydrogens is 400 g/mol. The van der Waals surface area contributed by atoms with Crippen LogP contribution in [0, 0.1) is 0 Å². The highest BCUT2D eigenvalue weighted by Gasteiger charge is 2.26. The summed E-state index contributed by atoms with van der Waals surface area (Å²) >= 11 is 0. The molecule has 0 bridgehead atoms. The normalized spacial score (nSPS) is 16.7. The van der Waals surface area contributed by atoms with E-state index >= 15 is 0 Å². The van der Waals surface area contributed by atoms with Crippen LogP contribution in [0.1, 0.15) is 12.0 Å². The zero-order chi connectivity index (χ0) is 21.6. The predicted molar refractivity (Wildman–Crippen MR) is 119 cm³/mol. The monoisotopic (exact) mass is 425 g/mol. The van der Waals surface area contributed by atoms with E-state index < -0.39 is 6.61 Å². The van der Waals surface area contributed by atoms with E-state index in [2.05, 4.69) is 30.2 Å². The SMILES string of the molecule is CN=C(NCc1cccc2cccnc12)NC1CCN(c2ccccc2OC(F)F)C1. The van der Waals surface area contributed by atoms with Gasteiger partial charge in [0.2, 0.25) is 0 Å². The highest BCUT2D eigenvalue weighted by Crippen LogP contribution is 2.31. The van der Waals surface area contributed by atoms with E-state index in [1.165, 1.54) is 0 Å². The number of halogens is 2. The number of hydrogen-bond donors (Lipinski definition) is 2. The Labute approximate surface area is 180 Å². The summed E-state index contributed by atoms with van der Waals surface area (Å²) in [5.74, 6) is 0.890. The van der Waals surface area contributed by atoms with Gasteiger partial charge in [-0.25, -0.2) is 0 Å². The smallest absolute Gasteiger partial charge is 0.387 e. The van der Waals surface area contributed by atoms with Crippen molar-refractivity contribution in [2.24, 2.45) is 4.99 Å². The van der Waals surface area contributed by atoms with Gasteiger partial charge in [-0.15, -0.1) is 0 Å². The van der Waals surface area contributed by atoms with E-state index in [-0.39, 0.29) is 11.8 Å². The maximum atomic E-state index is 12.7. The molecule has 162 valence electrons. The van der Waals surface area contributed by atoms with Crippen molar-refractivity contribution in [1.29, 1.82) is 0 Å². The van der Waals surface area contributed by atoms with Gasteiger partial charge in [-0.1, -0.05) is 36.4 Å². The molecule has 0 saturated carbocycles. The van der Waals surface area contributed by atoms with Crippen LogP contribution in [-0.4, -0.2) is 43.7 Å². The molecule has 0 aliphatic carbocycles. The molecule has 0 radical (unpaired) electrons. The molecule has 2 aromatic carbocycles.